The maximum Gasteiger partial charge on any atom is 0.254 e. The molecule has 2 unspecified atom stereocenters. The summed E-state index contributed by atoms with van der Waals surface area (Å²) >= 11 is 6.04. The largest absolute Gasteiger partial charge is 0.334 e. The van der Waals surface area contributed by atoms with Crippen molar-refractivity contribution < 1.29 is 4.79 Å². The first-order valence-corrected chi connectivity index (χ1v) is 7.20. The summed E-state index contributed by atoms with van der Waals surface area (Å²) in [5.74, 6) is 0.0487. The molecule has 1 heterocycles. The highest BCUT2D eigenvalue weighted by atomic mass is 35.5. The van der Waals surface area contributed by atoms with E-state index < -0.39 is 0 Å². The lowest BCUT2D eigenvalue weighted by Crippen LogP contribution is -2.51. The number of nitrogens with zero attached hydrogens (tertiary/aromatic N) is 1. The molecule has 1 saturated heterocycles. The lowest BCUT2D eigenvalue weighted by atomic mass is 9.96. The molecule has 2 N–H and O–H groups in total. The zero-order chi connectivity index (χ0) is 14.0. The van der Waals surface area contributed by atoms with Gasteiger partial charge in [0, 0.05) is 29.2 Å². The van der Waals surface area contributed by atoms with Gasteiger partial charge in [0.1, 0.15) is 0 Å². The lowest BCUT2D eigenvalue weighted by Gasteiger charge is -2.38. The average molecular weight is 281 g/mol. The van der Waals surface area contributed by atoms with Crippen molar-refractivity contribution in [2.24, 2.45) is 5.73 Å². The van der Waals surface area contributed by atoms with Gasteiger partial charge in [0.05, 0.1) is 0 Å². The van der Waals surface area contributed by atoms with Crippen molar-refractivity contribution in [3.63, 3.8) is 0 Å². The van der Waals surface area contributed by atoms with E-state index in [0.29, 0.717) is 10.6 Å². The van der Waals surface area contributed by atoms with E-state index in [-0.39, 0.29) is 18.0 Å². The standard InChI is InChI=1S/C15H21ClN2O/c1-10-7-12(9-13(16)8-10)15(19)18-6-4-3-5-14(18)11(2)17/h7-9,11,14H,3-6,17H2,1-2H3. The topological polar surface area (TPSA) is 46.3 Å². The van der Waals surface area contributed by atoms with Crippen LogP contribution in [0.2, 0.25) is 5.02 Å². The van der Waals surface area contributed by atoms with Crippen molar-refractivity contribution in [3.05, 3.63) is 34.3 Å². The van der Waals surface area contributed by atoms with Crippen LogP contribution in [0, 0.1) is 6.92 Å². The maximum absolute atomic E-state index is 12.6. The first-order valence-electron chi connectivity index (χ1n) is 6.83. The van der Waals surface area contributed by atoms with E-state index in [4.69, 9.17) is 17.3 Å². The number of carbonyl (C=O) groups excluding carboxylic acids is 1. The molecule has 1 amide bonds. The van der Waals surface area contributed by atoms with Gasteiger partial charge in [-0.1, -0.05) is 11.6 Å². The van der Waals surface area contributed by atoms with Crippen LogP contribution in [0.1, 0.15) is 42.1 Å². The smallest absolute Gasteiger partial charge is 0.254 e. The summed E-state index contributed by atoms with van der Waals surface area (Å²) in [5, 5.41) is 0.609. The number of amides is 1. The normalized spacial score (nSPS) is 21.3. The Morgan fingerprint density at radius 1 is 1.42 bits per heavy atom. The number of rotatable bonds is 2. The van der Waals surface area contributed by atoms with E-state index >= 15 is 0 Å². The number of hydrogen-bond donors (Lipinski definition) is 1. The Balaban J connectivity index is 2.26. The van der Waals surface area contributed by atoms with Gasteiger partial charge in [-0.25, -0.2) is 0 Å². The molecule has 0 saturated carbocycles. The molecule has 2 atom stereocenters. The molecule has 0 spiro atoms. The van der Waals surface area contributed by atoms with Gasteiger partial charge in [-0.05, 0) is 56.9 Å². The second-order valence-corrected chi connectivity index (χ2v) is 5.87. The number of carbonyl (C=O) groups is 1. The van der Waals surface area contributed by atoms with Crippen LogP contribution < -0.4 is 5.73 Å². The molecule has 2 rings (SSSR count). The molecule has 0 radical (unpaired) electrons. The molecular formula is C15H21ClN2O. The van der Waals surface area contributed by atoms with Crippen molar-refractivity contribution in [2.45, 2.75) is 45.2 Å². The predicted octanol–water partition coefficient (Wildman–Crippen LogP) is 2.99. The third kappa shape index (κ3) is 3.28. The minimum Gasteiger partial charge on any atom is -0.334 e. The summed E-state index contributed by atoms with van der Waals surface area (Å²) in [6, 6.07) is 5.63. The Kier molecular flexibility index (Phi) is 4.48. The Morgan fingerprint density at radius 2 is 2.16 bits per heavy atom. The van der Waals surface area contributed by atoms with Crippen LogP contribution in [0.4, 0.5) is 0 Å². The third-order valence-electron chi connectivity index (χ3n) is 3.71. The van der Waals surface area contributed by atoms with Crippen molar-refractivity contribution in [1.82, 2.24) is 4.90 Å². The highest BCUT2D eigenvalue weighted by molar-refractivity contribution is 6.31. The highest BCUT2D eigenvalue weighted by Crippen LogP contribution is 2.23. The first-order chi connectivity index (χ1) is 8.99. The van der Waals surface area contributed by atoms with Crippen LogP contribution in [0.25, 0.3) is 0 Å². The second kappa shape index (κ2) is 5.93. The van der Waals surface area contributed by atoms with E-state index in [9.17, 15) is 4.79 Å². The lowest BCUT2D eigenvalue weighted by molar-refractivity contribution is 0.0583. The SMILES string of the molecule is Cc1cc(Cl)cc(C(=O)N2CCCCC2C(C)N)c1. The molecule has 1 aromatic rings. The summed E-state index contributed by atoms with van der Waals surface area (Å²) in [4.78, 5) is 14.5. The number of piperidine rings is 1. The van der Waals surface area contributed by atoms with Gasteiger partial charge in [0.2, 0.25) is 0 Å². The fraction of sp³-hybridized carbons (Fsp3) is 0.533. The molecule has 4 heteroatoms. The fourth-order valence-electron chi connectivity index (χ4n) is 2.78. The van der Waals surface area contributed by atoms with E-state index in [2.05, 4.69) is 0 Å². The van der Waals surface area contributed by atoms with Gasteiger partial charge in [0.25, 0.3) is 5.91 Å². The summed E-state index contributed by atoms with van der Waals surface area (Å²) in [6.07, 6.45) is 3.18. The first kappa shape index (κ1) is 14.4. The van der Waals surface area contributed by atoms with Crippen LogP contribution in [0.3, 0.4) is 0 Å². The number of nitrogens with two attached hydrogens (primary N) is 1. The van der Waals surface area contributed by atoms with Crippen molar-refractivity contribution in [3.8, 4) is 0 Å². The van der Waals surface area contributed by atoms with Crippen LogP contribution in [0.5, 0.6) is 0 Å². The van der Waals surface area contributed by atoms with E-state index in [1.165, 1.54) is 0 Å². The average Bonchev–Trinajstić information content (AvgIpc) is 2.36. The molecule has 0 aromatic heterocycles. The Bertz CT molecular complexity index is 453. The highest BCUT2D eigenvalue weighted by Gasteiger charge is 2.29. The number of aryl methyl sites for hydroxylation is 1. The monoisotopic (exact) mass is 280 g/mol. The van der Waals surface area contributed by atoms with E-state index in [1.807, 2.05) is 30.9 Å². The van der Waals surface area contributed by atoms with Crippen molar-refractivity contribution >= 4 is 17.5 Å². The molecular weight excluding hydrogens is 260 g/mol. The molecule has 19 heavy (non-hydrogen) atoms. The van der Waals surface area contributed by atoms with Crippen LogP contribution in [-0.4, -0.2) is 29.4 Å². The van der Waals surface area contributed by atoms with Gasteiger partial charge < -0.3 is 10.6 Å². The van der Waals surface area contributed by atoms with Crippen molar-refractivity contribution in [1.29, 1.82) is 0 Å². The summed E-state index contributed by atoms with van der Waals surface area (Å²) in [5.41, 5.74) is 7.68. The zero-order valence-electron chi connectivity index (χ0n) is 11.5. The molecule has 0 bridgehead atoms. The number of halogens is 1. The molecule has 1 aliphatic rings. The van der Waals surface area contributed by atoms with Crippen molar-refractivity contribution in [2.75, 3.05) is 6.54 Å². The molecule has 0 aliphatic carbocycles. The van der Waals surface area contributed by atoms with Crippen LogP contribution in [-0.2, 0) is 0 Å². The summed E-state index contributed by atoms with van der Waals surface area (Å²) in [6.45, 7) is 4.71. The Labute approximate surface area is 119 Å². The zero-order valence-corrected chi connectivity index (χ0v) is 12.3. The third-order valence-corrected chi connectivity index (χ3v) is 3.92. The molecule has 1 fully saturated rings. The van der Waals surface area contributed by atoms with Crippen LogP contribution >= 0.6 is 11.6 Å². The number of likely N-dealkylation sites (tertiary alicyclic amines) is 1. The summed E-state index contributed by atoms with van der Waals surface area (Å²) < 4.78 is 0. The van der Waals surface area contributed by atoms with Gasteiger partial charge in [0.15, 0.2) is 0 Å². The molecule has 104 valence electrons. The Morgan fingerprint density at radius 3 is 2.79 bits per heavy atom. The van der Waals surface area contributed by atoms with E-state index in [1.54, 1.807) is 6.07 Å². The molecule has 1 aromatic carbocycles. The van der Waals surface area contributed by atoms with Gasteiger partial charge >= 0.3 is 0 Å². The maximum atomic E-state index is 12.6. The van der Waals surface area contributed by atoms with Gasteiger partial charge in [-0.15, -0.1) is 0 Å². The minimum atomic E-state index is 0.00420. The molecule has 3 nitrogen and oxygen atoms in total. The quantitative estimate of drug-likeness (QED) is 0.905. The van der Waals surface area contributed by atoms with Crippen LogP contribution in [0.15, 0.2) is 18.2 Å². The molecule has 1 aliphatic heterocycles. The Hall–Kier alpha value is -1.06. The summed E-state index contributed by atoms with van der Waals surface area (Å²) in [7, 11) is 0. The number of benzene rings is 1. The fourth-order valence-corrected chi connectivity index (χ4v) is 3.07. The second-order valence-electron chi connectivity index (χ2n) is 5.44. The van der Waals surface area contributed by atoms with Gasteiger partial charge in [-0.2, -0.15) is 0 Å². The number of hydrogen-bond acceptors (Lipinski definition) is 2. The van der Waals surface area contributed by atoms with Gasteiger partial charge in [-0.3, -0.25) is 4.79 Å². The predicted molar refractivity (Wildman–Crippen MR) is 78.5 cm³/mol. The minimum absolute atomic E-state index is 0.00420. The van der Waals surface area contributed by atoms with E-state index in [0.717, 1.165) is 31.4 Å².